The lowest BCUT2D eigenvalue weighted by atomic mass is 9.81. The molecule has 0 saturated carbocycles. The molecule has 238 valence electrons. The fraction of sp³-hybridized carbons (Fsp3) is 0.167. The van der Waals surface area contributed by atoms with Crippen LogP contribution in [0.3, 0.4) is 0 Å². The van der Waals surface area contributed by atoms with Gasteiger partial charge in [-0.25, -0.2) is 0 Å². The molecule has 0 spiro atoms. The standard InChI is InChI=1S/C48H41N/c1-47(2,3)33-25-39-40-26-34(48(4,5)6)28-42(44-37-21-13-9-17-31(37)24-32-18-10-14-22-38(32)44)46(40)49-45(39)41(27-33)43-35-19-11-7-15-29(35)23-30-16-8-12-20-36(30)43/h7-28,49H,1-6H3. The van der Waals surface area contributed by atoms with Gasteiger partial charge in [0.15, 0.2) is 0 Å². The first-order valence-electron chi connectivity index (χ1n) is 17.5. The van der Waals surface area contributed by atoms with Gasteiger partial charge in [0, 0.05) is 21.9 Å². The van der Waals surface area contributed by atoms with Gasteiger partial charge in [0.05, 0.1) is 11.0 Å². The minimum Gasteiger partial charge on any atom is -0.353 e. The molecule has 0 atom stereocenters. The van der Waals surface area contributed by atoms with Gasteiger partial charge in [-0.15, -0.1) is 0 Å². The largest absolute Gasteiger partial charge is 0.353 e. The smallest absolute Gasteiger partial charge is 0.0545 e. The predicted octanol–water partition coefficient (Wildman–Crippen LogP) is 13.9. The monoisotopic (exact) mass is 631 g/mol. The molecule has 8 aromatic carbocycles. The van der Waals surface area contributed by atoms with Crippen molar-refractivity contribution in [3.63, 3.8) is 0 Å². The van der Waals surface area contributed by atoms with Crippen LogP contribution in [0.15, 0.2) is 133 Å². The average molecular weight is 632 g/mol. The van der Waals surface area contributed by atoms with Crippen LogP contribution in [0.25, 0.3) is 87.1 Å². The lowest BCUT2D eigenvalue weighted by Gasteiger charge is -2.22. The van der Waals surface area contributed by atoms with E-state index in [9.17, 15) is 0 Å². The van der Waals surface area contributed by atoms with Crippen LogP contribution in [0.1, 0.15) is 52.7 Å². The highest BCUT2D eigenvalue weighted by molar-refractivity contribution is 6.24. The lowest BCUT2D eigenvalue weighted by Crippen LogP contribution is -2.11. The zero-order chi connectivity index (χ0) is 33.7. The third kappa shape index (κ3) is 4.67. The number of benzene rings is 8. The van der Waals surface area contributed by atoms with Crippen LogP contribution in [0, 0.1) is 0 Å². The summed E-state index contributed by atoms with van der Waals surface area (Å²) in [7, 11) is 0. The molecule has 1 aromatic heterocycles. The number of rotatable bonds is 2. The summed E-state index contributed by atoms with van der Waals surface area (Å²) in [5.41, 5.74) is 10.1. The van der Waals surface area contributed by atoms with E-state index in [1.165, 1.54) is 98.3 Å². The quantitative estimate of drug-likeness (QED) is 0.183. The van der Waals surface area contributed by atoms with Crippen molar-refractivity contribution in [2.45, 2.75) is 52.4 Å². The van der Waals surface area contributed by atoms with Gasteiger partial charge < -0.3 is 4.98 Å². The Balaban J connectivity index is 1.51. The highest BCUT2D eigenvalue weighted by atomic mass is 14.7. The first-order chi connectivity index (χ1) is 23.6. The highest BCUT2D eigenvalue weighted by Gasteiger charge is 2.25. The van der Waals surface area contributed by atoms with E-state index in [0.29, 0.717) is 0 Å². The van der Waals surface area contributed by atoms with Crippen molar-refractivity contribution in [1.29, 1.82) is 0 Å². The Morgan fingerprint density at radius 1 is 0.347 bits per heavy atom. The topological polar surface area (TPSA) is 15.8 Å². The number of H-pyrrole nitrogens is 1. The summed E-state index contributed by atoms with van der Waals surface area (Å²) in [4.78, 5) is 4.13. The van der Waals surface area contributed by atoms with E-state index >= 15 is 0 Å². The highest BCUT2D eigenvalue weighted by Crippen LogP contribution is 2.47. The van der Waals surface area contributed by atoms with Crippen LogP contribution >= 0.6 is 0 Å². The van der Waals surface area contributed by atoms with E-state index < -0.39 is 0 Å². The Bertz CT molecular complexity index is 2480. The van der Waals surface area contributed by atoms with Crippen molar-refractivity contribution in [3.8, 4) is 22.3 Å². The van der Waals surface area contributed by atoms with Gasteiger partial charge in [-0.3, -0.25) is 0 Å². The second kappa shape index (κ2) is 10.5. The van der Waals surface area contributed by atoms with Crippen LogP contribution in [0.2, 0.25) is 0 Å². The molecule has 0 unspecified atom stereocenters. The normalized spacial score (nSPS) is 12.7. The van der Waals surface area contributed by atoms with Crippen molar-refractivity contribution in [1.82, 2.24) is 4.98 Å². The SMILES string of the molecule is CC(C)(C)c1cc(-c2c3ccccc3cc3ccccc23)c2[nH]c3c(-c4c5ccccc5cc5ccccc45)cc(C(C)(C)C)cc3c2c1. The van der Waals surface area contributed by atoms with Crippen LogP contribution < -0.4 is 0 Å². The van der Waals surface area contributed by atoms with Gasteiger partial charge in [0.1, 0.15) is 0 Å². The molecule has 0 amide bonds. The molecule has 0 bridgehead atoms. The first kappa shape index (κ1) is 29.7. The van der Waals surface area contributed by atoms with E-state index in [0.717, 1.165) is 0 Å². The minimum atomic E-state index is -0.0385. The minimum absolute atomic E-state index is 0.0385. The summed E-state index contributed by atoms with van der Waals surface area (Å²) in [5, 5.41) is 12.7. The number of hydrogen-bond donors (Lipinski definition) is 1. The molecule has 1 heterocycles. The van der Waals surface area contributed by atoms with Crippen LogP contribution in [0.5, 0.6) is 0 Å². The van der Waals surface area contributed by atoms with E-state index in [2.05, 4.69) is 180 Å². The Morgan fingerprint density at radius 3 is 0.959 bits per heavy atom. The van der Waals surface area contributed by atoms with Crippen molar-refractivity contribution < 1.29 is 0 Å². The zero-order valence-electron chi connectivity index (χ0n) is 29.2. The third-order valence-electron chi connectivity index (χ3n) is 10.6. The number of hydrogen-bond acceptors (Lipinski definition) is 0. The molecule has 0 radical (unpaired) electrons. The zero-order valence-corrected chi connectivity index (χ0v) is 29.2. The lowest BCUT2D eigenvalue weighted by molar-refractivity contribution is 0.590. The van der Waals surface area contributed by atoms with Gasteiger partial charge >= 0.3 is 0 Å². The summed E-state index contributed by atoms with van der Waals surface area (Å²) >= 11 is 0. The molecular weight excluding hydrogens is 591 g/mol. The van der Waals surface area contributed by atoms with E-state index in [4.69, 9.17) is 0 Å². The van der Waals surface area contributed by atoms with Gasteiger partial charge in [-0.2, -0.15) is 0 Å². The summed E-state index contributed by atoms with van der Waals surface area (Å²) in [6, 6.07) is 50.0. The maximum atomic E-state index is 4.13. The fourth-order valence-corrected chi connectivity index (χ4v) is 7.97. The Labute approximate surface area is 288 Å². The van der Waals surface area contributed by atoms with E-state index in [1.54, 1.807) is 0 Å². The number of aromatic amines is 1. The molecule has 49 heavy (non-hydrogen) atoms. The molecule has 1 nitrogen and oxygen atoms in total. The molecule has 9 rings (SSSR count). The average Bonchev–Trinajstić information content (AvgIpc) is 3.47. The molecule has 0 aliphatic heterocycles. The summed E-state index contributed by atoms with van der Waals surface area (Å²) in [6.45, 7) is 14.0. The van der Waals surface area contributed by atoms with E-state index in [-0.39, 0.29) is 10.8 Å². The van der Waals surface area contributed by atoms with Gasteiger partial charge in [0.25, 0.3) is 0 Å². The van der Waals surface area contributed by atoms with Crippen LogP contribution in [-0.2, 0) is 10.8 Å². The maximum absolute atomic E-state index is 4.13. The molecule has 1 heteroatoms. The summed E-state index contributed by atoms with van der Waals surface area (Å²) in [6.07, 6.45) is 0. The summed E-state index contributed by atoms with van der Waals surface area (Å²) in [5.74, 6) is 0. The molecule has 0 aliphatic carbocycles. The van der Waals surface area contributed by atoms with Crippen molar-refractivity contribution >= 4 is 64.9 Å². The molecule has 0 saturated heterocycles. The van der Waals surface area contributed by atoms with Crippen molar-refractivity contribution in [2.75, 3.05) is 0 Å². The Hall–Kier alpha value is -5.40. The predicted molar refractivity (Wildman–Crippen MR) is 214 cm³/mol. The van der Waals surface area contributed by atoms with Crippen LogP contribution in [-0.4, -0.2) is 4.98 Å². The van der Waals surface area contributed by atoms with Crippen molar-refractivity contribution in [3.05, 3.63) is 145 Å². The Kier molecular flexibility index (Phi) is 6.40. The number of nitrogens with one attached hydrogen (secondary N) is 1. The molecular formula is C48H41N. The van der Waals surface area contributed by atoms with Crippen molar-refractivity contribution in [2.24, 2.45) is 0 Å². The first-order valence-corrected chi connectivity index (χ1v) is 17.5. The van der Waals surface area contributed by atoms with Gasteiger partial charge in [-0.1, -0.05) is 139 Å². The van der Waals surface area contributed by atoms with Gasteiger partial charge in [0.2, 0.25) is 0 Å². The second-order valence-corrected chi connectivity index (χ2v) is 15.9. The van der Waals surface area contributed by atoms with E-state index in [1.807, 2.05) is 0 Å². The number of aromatic nitrogens is 1. The Morgan fingerprint density at radius 2 is 0.653 bits per heavy atom. The molecule has 0 fully saturated rings. The maximum Gasteiger partial charge on any atom is 0.0545 e. The van der Waals surface area contributed by atoms with Gasteiger partial charge in [-0.05, 0) is 113 Å². The molecule has 1 N–H and O–H groups in total. The molecule has 9 aromatic rings. The van der Waals surface area contributed by atoms with Crippen LogP contribution in [0.4, 0.5) is 0 Å². The third-order valence-corrected chi connectivity index (χ3v) is 10.6. The number of fused-ring (bicyclic) bond motifs is 7. The fourth-order valence-electron chi connectivity index (χ4n) is 7.97. The second-order valence-electron chi connectivity index (χ2n) is 15.9. The summed E-state index contributed by atoms with van der Waals surface area (Å²) < 4.78 is 0. The molecule has 0 aliphatic rings.